The number of hydrogen-bond donors (Lipinski definition) is 1. The summed E-state index contributed by atoms with van der Waals surface area (Å²) < 4.78 is 34.0. The fourth-order valence-electron chi connectivity index (χ4n) is 3.81. The fraction of sp³-hybridized carbons (Fsp3) is 0.286. The summed E-state index contributed by atoms with van der Waals surface area (Å²) in [6.45, 7) is 5.85. The highest BCUT2D eigenvalue weighted by Crippen LogP contribution is 2.26. The van der Waals surface area contributed by atoms with Crippen molar-refractivity contribution in [2.75, 3.05) is 24.0 Å². The van der Waals surface area contributed by atoms with Gasteiger partial charge in [0.05, 0.1) is 17.2 Å². The molecule has 9 heteroatoms. The molecule has 37 heavy (non-hydrogen) atoms. The summed E-state index contributed by atoms with van der Waals surface area (Å²) >= 11 is 0. The van der Waals surface area contributed by atoms with Crippen molar-refractivity contribution in [3.63, 3.8) is 0 Å². The molecular weight excluding hydrogens is 490 g/mol. The summed E-state index contributed by atoms with van der Waals surface area (Å²) in [4.78, 5) is 27.9. The lowest BCUT2D eigenvalue weighted by molar-refractivity contribution is -0.139. The van der Waals surface area contributed by atoms with Crippen LogP contribution in [0.2, 0.25) is 0 Å². The van der Waals surface area contributed by atoms with E-state index in [0.717, 1.165) is 9.87 Å². The number of ether oxygens (including phenoxy) is 1. The van der Waals surface area contributed by atoms with Crippen molar-refractivity contribution in [1.82, 2.24) is 10.2 Å². The lowest BCUT2D eigenvalue weighted by Crippen LogP contribution is -2.51. The predicted octanol–water partition coefficient (Wildman–Crippen LogP) is 3.83. The van der Waals surface area contributed by atoms with E-state index in [0.29, 0.717) is 24.6 Å². The predicted molar refractivity (Wildman–Crippen MR) is 144 cm³/mol. The lowest BCUT2D eigenvalue weighted by Gasteiger charge is -2.32. The van der Waals surface area contributed by atoms with E-state index in [1.807, 2.05) is 37.3 Å². The van der Waals surface area contributed by atoms with Gasteiger partial charge >= 0.3 is 0 Å². The minimum absolute atomic E-state index is 0.0584. The van der Waals surface area contributed by atoms with Gasteiger partial charge in [-0.15, -0.1) is 0 Å². The summed E-state index contributed by atoms with van der Waals surface area (Å²) in [5.74, 6) is -0.230. The Labute approximate surface area is 218 Å². The fourth-order valence-corrected chi connectivity index (χ4v) is 5.24. The summed E-state index contributed by atoms with van der Waals surface area (Å²) in [6.07, 6.45) is 0. The third-order valence-corrected chi connectivity index (χ3v) is 7.55. The van der Waals surface area contributed by atoms with Crippen LogP contribution in [0.4, 0.5) is 5.69 Å². The summed E-state index contributed by atoms with van der Waals surface area (Å²) in [7, 11) is -4.09. The second kappa shape index (κ2) is 12.9. The number of carbonyl (C=O) groups is 2. The number of hydrogen-bond acceptors (Lipinski definition) is 5. The molecule has 1 N–H and O–H groups in total. The molecule has 3 rings (SSSR count). The van der Waals surface area contributed by atoms with Gasteiger partial charge in [-0.3, -0.25) is 13.9 Å². The van der Waals surface area contributed by atoms with Crippen LogP contribution in [0.15, 0.2) is 89.8 Å². The van der Waals surface area contributed by atoms with Crippen LogP contribution in [0, 0.1) is 0 Å². The molecule has 0 aliphatic heterocycles. The van der Waals surface area contributed by atoms with Crippen LogP contribution < -0.4 is 14.4 Å². The molecule has 3 aromatic rings. The number of amides is 2. The van der Waals surface area contributed by atoms with Crippen molar-refractivity contribution >= 4 is 27.5 Å². The van der Waals surface area contributed by atoms with Crippen molar-refractivity contribution in [3.8, 4) is 5.75 Å². The summed E-state index contributed by atoms with van der Waals surface area (Å²) in [6, 6.07) is 23.0. The van der Waals surface area contributed by atoms with Crippen LogP contribution in [0.3, 0.4) is 0 Å². The molecule has 8 nitrogen and oxygen atoms in total. The third-order valence-electron chi connectivity index (χ3n) is 5.76. The molecule has 2 amide bonds. The molecule has 3 aromatic carbocycles. The third kappa shape index (κ3) is 7.10. The summed E-state index contributed by atoms with van der Waals surface area (Å²) in [5, 5.41) is 2.75. The van der Waals surface area contributed by atoms with E-state index in [9.17, 15) is 18.0 Å². The van der Waals surface area contributed by atoms with Gasteiger partial charge in [0.15, 0.2) is 0 Å². The Hall–Kier alpha value is -3.85. The number of carbonyl (C=O) groups excluding carboxylic acids is 2. The van der Waals surface area contributed by atoms with E-state index in [1.54, 1.807) is 56.3 Å². The normalized spacial score (nSPS) is 11.9. The van der Waals surface area contributed by atoms with Crippen LogP contribution in [0.1, 0.15) is 26.3 Å². The summed E-state index contributed by atoms with van der Waals surface area (Å²) in [5.41, 5.74) is 1.14. The van der Waals surface area contributed by atoms with Crippen molar-refractivity contribution in [1.29, 1.82) is 0 Å². The Morgan fingerprint density at radius 2 is 1.49 bits per heavy atom. The maximum absolute atomic E-state index is 13.7. The quantitative estimate of drug-likeness (QED) is 0.389. The van der Waals surface area contributed by atoms with Gasteiger partial charge in [-0.05, 0) is 62.7 Å². The van der Waals surface area contributed by atoms with E-state index in [2.05, 4.69) is 5.32 Å². The first-order valence-electron chi connectivity index (χ1n) is 12.2. The average Bonchev–Trinajstić information content (AvgIpc) is 2.91. The van der Waals surface area contributed by atoms with Crippen molar-refractivity contribution in [2.45, 2.75) is 38.3 Å². The van der Waals surface area contributed by atoms with Gasteiger partial charge in [0, 0.05) is 13.1 Å². The smallest absolute Gasteiger partial charge is 0.264 e. The van der Waals surface area contributed by atoms with E-state index < -0.39 is 28.5 Å². The SMILES string of the molecule is CCNC(=O)C(C)N(Cc1ccccc1)C(=O)CN(c1ccc(OCC)cc1)S(=O)(=O)c1ccccc1. The van der Waals surface area contributed by atoms with Gasteiger partial charge in [0.25, 0.3) is 10.0 Å². The van der Waals surface area contributed by atoms with E-state index in [1.165, 1.54) is 17.0 Å². The molecule has 0 saturated carbocycles. The monoisotopic (exact) mass is 523 g/mol. The van der Waals surface area contributed by atoms with Gasteiger partial charge in [-0.1, -0.05) is 48.5 Å². The number of nitrogens with zero attached hydrogens (tertiary/aromatic N) is 2. The second-order valence-corrected chi connectivity index (χ2v) is 10.2. The number of nitrogens with one attached hydrogen (secondary N) is 1. The zero-order chi connectivity index (χ0) is 26.8. The van der Waals surface area contributed by atoms with Crippen LogP contribution in [0.25, 0.3) is 0 Å². The Morgan fingerprint density at radius 3 is 2.05 bits per heavy atom. The average molecular weight is 524 g/mol. The Balaban J connectivity index is 2.00. The largest absolute Gasteiger partial charge is 0.494 e. The first-order chi connectivity index (χ1) is 17.8. The molecule has 0 aliphatic carbocycles. The molecule has 0 bridgehead atoms. The Morgan fingerprint density at radius 1 is 0.892 bits per heavy atom. The van der Waals surface area contributed by atoms with E-state index in [4.69, 9.17) is 4.74 Å². The Kier molecular flexibility index (Phi) is 9.68. The molecule has 1 unspecified atom stereocenters. The molecule has 0 spiro atoms. The van der Waals surface area contributed by atoms with Crippen LogP contribution >= 0.6 is 0 Å². The first-order valence-corrected chi connectivity index (χ1v) is 13.6. The first kappa shape index (κ1) is 27.7. The molecule has 0 saturated heterocycles. The lowest BCUT2D eigenvalue weighted by atomic mass is 10.1. The Bertz CT molecular complexity index is 1270. The zero-order valence-electron chi connectivity index (χ0n) is 21.3. The molecule has 0 aliphatic rings. The van der Waals surface area contributed by atoms with E-state index >= 15 is 0 Å². The molecule has 0 radical (unpaired) electrons. The number of rotatable bonds is 12. The van der Waals surface area contributed by atoms with Crippen molar-refractivity contribution < 1.29 is 22.7 Å². The highest BCUT2D eigenvalue weighted by atomic mass is 32.2. The molecular formula is C28H33N3O5S. The number of likely N-dealkylation sites (N-methyl/N-ethyl adjacent to an activating group) is 1. The molecule has 0 heterocycles. The van der Waals surface area contributed by atoms with Crippen molar-refractivity contribution in [3.05, 3.63) is 90.5 Å². The van der Waals surface area contributed by atoms with Gasteiger partial charge in [-0.25, -0.2) is 8.42 Å². The highest BCUT2D eigenvalue weighted by Gasteiger charge is 2.32. The topological polar surface area (TPSA) is 96.0 Å². The minimum atomic E-state index is -4.09. The van der Waals surface area contributed by atoms with Crippen LogP contribution in [-0.4, -0.2) is 50.9 Å². The number of anilines is 1. The molecule has 196 valence electrons. The number of benzene rings is 3. The minimum Gasteiger partial charge on any atom is -0.494 e. The van der Waals surface area contributed by atoms with Gasteiger partial charge in [-0.2, -0.15) is 0 Å². The molecule has 0 fully saturated rings. The zero-order valence-corrected chi connectivity index (χ0v) is 22.1. The van der Waals surface area contributed by atoms with E-state index in [-0.39, 0.29) is 17.3 Å². The highest BCUT2D eigenvalue weighted by molar-refractivity contribution is 7.92. The van der Waals surface area contributed by atoms with Crippen molar-refractivity contribution in [2.24, 2.45) is 0 Å². The standard InChI is InChI=1S/C28H33N3O5S/c1-4-29-28(33)22(3)30(20-23-12-8-6-9-13-23)27(32)21-31(24-16-18-25(19-17-24)36-5-2)37(34,35)26-14-10-7-11-15-26/h6-19,22H,4-5,20-21H2,1-3H3,(H,29,33). The number of sulfonamides is 1. The van der Waals surface area contributed by atoms with Gasteiger partial charge in [0.2, 0.25) is 11.8 Å². The molecule has 0 aromatic heterocycles. The van der Waals surface area contributed by atoms with Gasteiger partial charge in [0.1, 0.15) is 18.3 Å². The maximum Gasteiger partial charge on any atom is 0.264 e. The second-order valence-electron chi connectivity index (χ2n) is 8.33. The van der Waals surface area contributed by atoms with Gasteiger partial charge < -0.3 is 15.0 Å². The molecule has 1 atom stereocenters. The van der Waals surface area contributed by atoms with Crippen LogP contribution in [-0.2, 0) is 26.2 Å². The van der Waals surface area contributed by atoms with Crippen LogP contribution in [0.5, 0.6) is 5.75 Å². The maximum atomic E-state index is 13.7.